The molecule has 0 aromatic heterocycles. The summed E-state index contributed by atoms with van der Waals surface area (Å²) in [5.41, 5.74) is 3.43. The van der Waals surface area contributed by atoms with Crippen molar-refractivity contribution in [1.29, 1.82) is 0 Å². The third-order valence-corrected chi connectivity index (χ3v) is 5.36. The monoisotopic (exact) mass is 534 g/mol. The van der Waals surface area contributed by atoms with Crippen LogP contribution in [-0.2, 0) is 4.79 Å². The molecular formula is C22H17Br2ClN2O2. The lowest BCUT2D eigenvalue weighted by Crippen LogP contribution is -2.20. The quantitative estimate of drug-likeness (QED) is 0.347. The standard InChI is InChI=1S/C22H17Br2ClN2O2/c1-14-7-8-16(25)11-20(14)26-12-15-9-18(23)22(19(24)10-15)29-13-21(28)27-17-5-3-2-4-6-17/h2-12H,13H2,1H3,(H,27,28). The lowest BCUT2D eigenvalue weighted by Gasteiger charge is -2.11. The first-order valence-electron chi connectivity index (χ1n) is 8.69. The van der Waals surface area contributed by atoms with Crippen LogP contribution in [0.4, 0.5) is 11.4 Å². The van der Waals surface area contributed by atoms with Crippen LogP contribution < -0.4 is 10.1 Å². The Kier molecular flexibility index (Phi) is 7.47. The van der Waals surface area contributed by atoms with Gasteiger partial charge in [-0.25, -0.2) is 0 Å². The Bertz CT molecular complexity index is 1030. The maximum atomic E-state index is 12.1. The Labute approximate surface area is 191 Å². The van der Waals surface area contributed by atoms with E-state index in [2.05, 4.69) is 42.2 Å². The first-order valence-corrected chi connectivity index (χ1v) is 10.7. The van der Waals surface area contributed by atoms with Crippen molar-refractivity contribution in [3.63, 3.8) is 0 Å². The number of nitrogens with one attached hydrogen (secondary N) is 1. The summed E-state index contributed by atoms with van der Waals surface area (Å²) >= 11 is 13.0. The number of hydrogen-bond donors (Lipinski definition) is 1. The lowest BCUT2D eigenvalue weighted by molar-refractivity contribution is -0.118. The molecule has 1 N–H and O–H groups in total. The largest absolute Gasteiger partial charge is 0.481 e. The maximum Gasteiger partial charge on any atom is 0.262 e. The number of ether oxygens (including phenoxy) is 1. The second kappa shape index (κ2) is 10.1. The third kappa shape index (κ3) is 6.16. The van der Waals surface area contributed by atoms with E-state index in [9.17, 15) is 4.79 Å². The van der Waals surface area contributed by atoms with E-state index in [0.717, 1.165) is 22.5 Å². The fourth-order valence-corrected chi connectivity index (χ4v) is 4.13. The molecule has 29 heavy (non-hydrogen) atoms. The molecule has 0 saturated carbocycles. The summed E-state index contributed by atoms with van der Waals surface area (Å²) in [7, 11) is 0. The zero-order chi connectivity index (χ0) is 20.8. The van der Waals surface area contributed by atoms with Crippen LogP contribution >= 0.6 is 43.5 Å². The average molecular weight is 537 g/mol. The summed E-state index contributed by atoms with van der Waals surface area (Å²) in [6.45, 7) is 1.87. The minimum atomic E-state index is -0.239. The molecule has 4 nitrogen and oxygen atoms in total. The molecule has 148 valence electrons. The highest BCUT2D eigenvalue weighted by Gasteiger charge is 2.11. The Morgan fingerprint density at radius 3 is 2.48 bits per heavy atom. The van der Waals surface area contributed by atoms with Gasteiger partial charge >= 0.3 is 0 Å². The van der Waals surface area contributed by atoms with Gasteiger partial charge in [0, 0.05) is 16.9 Å². The number of amides is 1. The predicted molar refractivity (Wildman–Crippen MR) is 126 cm³/mol. The van der Waals surface area contributed by atoms with Gasteiger partial charge in [-0.15, -0.1) is 0 Å². The van der Waals surface area contributed by atoms with E-state index >= 15 is 0 Å². The molecule has 1 amide bonds. The number of hydrogen-bond acceptors (Lipinski definition) is 3. The first-order chi connectivity index (χ1) is 13.9. The summed E-state index contributed by atoms with van der Waals surface area (Å²) in [5, 5.41) is 3.43. The molecule has 3 rings (SSSR count). The molecule has 0 aliphatic carbocycles. The van der Waals surface area contributed by atoms with Crippen LogP contribution in [0.25, 0.3) is 0 Å². The number of para-hydroxylation sites is 1. The van der Waals surface area contributed by atoms with Crippen LogP contribution in [0.15, 0.2) is 74.6 Å². The summed E-state index contributed by atoms with van der Waals surface area (Å²) in [6.07, 6.45) is 1.75. The fourth-order valence-electron chi connectivity index (χ4n) is 2.51. The highest BCUT2D eigenvalue weighted by molar-refractivity contribution is 9.11. The van der Waals surface area contributed by atoms with E-state index in [0.29, 0.717) is 19.7 Å². The van der Waals surface area contributed by atoms with Crippen molar-refractivity contribution in [2.45, 2.75) is 6.92 Å². The molecule has 0 aliphatic rings. The van der Waals surface area contributed by atoms with Gasteiger partial charge in [-0.3, -0.25) is 9.79 Å². The van der Waals surface area contributed by atoms with Crippen molar-refractivity contribution in [2.24, 2.45) is 4.99 Å². The number of rotatable bonds is 6. The second-order valence-electron chi connectivity index (χ2n) is 6.21. The molecule has 0 radical (unpaired) electrons. The smallest absolute Gasteiger partial charge is 0.262 e. The lowest BCUT2D eigenvalue weighted by atomic mass is 10.2. The second-order valence-corrected chi connectivity index (χ2v) is 8.35. The van der Waals surface area contributed by atoms with Gasteiger partial charge in [0.1, 0.15) is 5.75 Å². The first kappa shape index (κ1) is 21.6. The molecule has 0 aliphatic heterocycles. The van der Waals surface area contributed by atoms with Crippen molar-refractivity contribution >= 4 is 67.0 Å². The van der Waals surface area contributed by atoms with E-state index in [1.54, 1.807) is 6.21 Å². The van der Waals surface area contributed by atoms with E-state index in [1.165, 1.54) is 0 Å². The van der Waals surface area contributed by atoms with Crippen LogP contribution in [0, 0.1) is 6.92 Å². The number of benzene rings is 3. The van der Waals surface area contributed by atoms with Crippen LogP contribution in [-0.4, -0.2) is 18.7 Å². The molecule has 0 fully saturated rings. The van der Waals surface area contributed by atoms with Gasteiger partial charge in [0.15, 0.2) is 6.61 Å². The fraction of sp³-hybridized carbons (Fsp3) is 0.0909. The summed E-state index contributed by atoms with van der Waals surface area (Å²) in [4.78, 5) is 16.6. The molecule has 0 saturated heterocycles. The summed E-state index contributed by atoms with van der Waals surface area (Å²) < 4.78 is 7.11. The minimum absolute atomic E-state index is 0.110. The van der Waals surface area contributed by atoms with Crippen molar-refractivity contribution in [3.8, 4) is 5.75 Å². The van der Waals surface area contributed by atoms with Crippen molar-refractivity contribution < 1.29 is 9.53 Å². The highest BCUT2D eigenvalue weighted by Crippen LogP contribution is 2.34. The Balaban J connectivity index is 1.68. The zero-order valence-electron chi connectivity index (χ0n) is 15.5. The van der Waals surface area contributed by atoms with Crippen LogP contribution in [0.3, 0.4) is 0 Å². The predicted octanol–water partition coefficient (Wildman–Crippen LogP) is 6.94. The number of nitrogens with zero attached hydrogens (tertiary/aromatic N) is 1. The highest BCUT2D eigenvalue weighted by atomic mass is 79.9. The molecule has 3 aromatic rings. The number of halogens is 3. The Morgan fingerprint density at radius 1 is 1.10 bits per heavy atom. The minimum Gasteiger partial charge on any atom is -0.481 e. The van der Waals surface area contributed by atoms with Gasteiger partial charge in [-0.1, -0.05) is 35.9 Å². The van der Waals surface area contributed by atoms with E-state index in [1.807, 2.05) is 67.6 Å². The summed E-state index contributed by atoms with van der Waals surface area (Å²) in [5.74, 6) is 0.307. The number of aryl methyl sites for hydroxylation is 1. The van der Waals surface area contributed by atoms with Gasteiger partial charge in [0.2, 0.25) is 0 Å². The molecule has 7 heteroatoms. The summed E-state index contributed by atoms with van der Waals surface area (Å²) in [6, 6.07) is 18.6. The van der Waals surface area contributed by atoms with Crippen molar-refractivity contribution in [3.05, 3.63) is 85.8 Å². The van der Waals surface area contributed by atoms with Crippen LogP contribution in [0.5, 0.6) is 5.75 Å². The topological polar surface area (TPSA) is 50.7 Å². The molecule has 0 bridgehead atoms. The normalized spacial score (nSPS) is 10.9. The number of carbonyl (C=O) groups is 1. The van der Waals surface area contributed by atoms with E-state index in [-0.39, 0.29) is 12.5 Å². The molecule has 0 unspecified atom stereocenters. The maximum absolute atomic E-state index is 12.1. The molecule has 0 spiro atoms. The van der Waals surface area contributed by atoms with Crippen LogP contribution in [0.1, 0.15) is 11.1 Å². The van der Waals surface area contributed by atoms with Gasteiger partial charge in [0.25, 0.3) is 5.91 Å². The van der Waals surface area contributed by atoms with Gasteiger partial charge in [-0.05, 0) is 86.3 Å². The van der Waals surface area contributed by atoms with Crippen molar-refractivity contribution in [1.82, 2.24) is 0 Å². The molecule has 3 aromatic carbocycles. The number of carbonyl (C=O) groups excluding carboxylic acids is 1. The van der Waals surface area contributed by atoms with Gasteiger partial charge in [0.05, 0.1) is 14.6 Å². The number of anilines is 1. The van der Waals surface area contributed by atoms with Crippen molar-refractivity contribution in [2.75, 3.05) is 11.9 Å². The Hall–Kier alpha value is -2.15. The average Bonchev–Trinajstić information content (AvgIpc) is 2.69. The third-order valence-electron chi connectivity index (χ3n) is 3.95. The van der Waals surface area contributed by atoms with Gasteiger partial charge in [-0.2, -0.15) is 0 Å². The number of aliphatic imine (C=N–C) groups is 1. The van der Waals surface area contributed by atoms with E-state index in [4.69, 9.17) is 16.3 Å². The van der Waals surface area contributed by atoms with E-state index < -0.39 is 0 Å². The van der Waals surface area contributed by atoms with Gasteiger partial charge < -0.3 is 10.1 Å². The molecule has 0 atom stereocenters. The Morgan fingerprint density at radius 2 is 1.79 bits per heavy atom. The SMILES string of the molecule is Cc1ccc(Cl)cc1N=Cc1cc(Br)c(OCC(=O)Nc2ccccc2)c(Br)c1. The zero-order valence-corrected chi connectivity index (χ0v) is 19.4. The molecule has 0 heterocycles. The van der Waals surface area contributed by atoms with Crippen LogP contribution in [0.2, 0.25) is 5.02 Å². The molecular weight excluding hydrogens is 520 g/mol.